The van der Waals surface area contributed by atoms with E-state index in [9.17, 15) is 0 Å². The molecule has 0 aliphatic rings. The average Bonchev–Trinajstić information content (AvgIpc) is 3.16. The minimum absolute atomic E-state index is 0.728. The van der Waals surface area contributed by atoms with Gasteiger partial charge >= 0.3 is 0 Å². The summed E-state index contributed by atoms with van der Waals surface area (Å²) in [6, 6.07) is 9.81. The van der Waals surface area contributed by atoms with Gasteiger partial charge in [0.2, 0.25) is 4.80 Å². The zero-order chi connectivity index (χ0) is 15.4. The van der Waals surface area contributed by atoms with Crippen LogP contribution in [0, 0.1) is 0 Å². The maximum atomic E-state index is 5.97. The fourth-order valence-corrected chi connectivity index (χ4v) is 3.59. The maximum absolute atomic E-state index is 5.97. The van der Waals surface area contributed by atoms with Crippen molar-refractivity contribution in [2.45, 2.75) is 6.92 Å². The highest BCUT2D eigenvalue weighted by atomic mass is 35.5. The van der Waals surface area contributed by atoms with Crippen molar-refractivity contribution in [3.05, 3.63) is 61.9 Å². The number of rotatable bonds is 4. The topological polar surface area (TPSA) is 29.6 Å². The van der Waals surface area contributed by atoms with Gasteiger partial charge in [-0.15, -0.1) is 11.3 Å². The minimum atomic E-state index is 0.728. The molecule has 0 spiro atoms. The van der Waals surface area contributed by atoms with Crippen LogP contribution < -0.4 is 4.80 Å². The summed E-state index contributed by atoms with van der Waals surface area (Å²) >= 11 is 9.22. The Balaban J connectivity index is 2.07. The summed E-state index contributed by atoms with van der Waals surface area (Å²) < 4.78 is 1.88. The first kappa shape index (κ1) is 15.2. The molecule has 0 aliphatic carbocycles. The number of benzene rings is 1. The zero-order valence-electron chi connectivity index (χ0n) is 11.9. The van der Waals surface area contributed by atoms with E-state index in [1.54, 1.807) is 22.7 Å². The Bertz CT molecular complexity index is 827. The predicted octanol–water partition coefficient (Wildman–Crippen LogP) is 4.73. The molecule has 3 rings (SSSR count). The maximum Gasteiger partial charge on any atom is 0.206 e. The molecular weight excluding hydrogens is 334 g/mol. The first-order valence-corrected chi connectivity index (χ1v) is 9.01. The van der Waals surface area contributed by atoms with Crippen molar-refractivity contribution in [3.8, 4) is 11.3 Å². The lowest BCUT2D eigenvalue weighted by molar-refractivity contribution is 0.833. The lowest BCUT2D eigenvalue weighted by atomic mass is 10.2. The van der Waals surface area contributed by atoms with Crippen LogP contribution in [0.3, 0.4) is 0 Å². The largest absolute Gasteiger partial charge is 0.258 e. The Labute approximate surface area is 141 Å². The van der Waals surface area contributed by atoms with E-state index < -0.39 is 0 Å². The molecule has 0 saturated heterocycles. The summed E-state index contributed by atoms with van der Waals surface area (Å²) in [5, 5.41) is 11.5. The van der Waals surface area contributed by atoms with E-state index in [2.05, 4.69) is 20.9 Å². The number of nitrogens with zero attached hydrogens (tertiary/aromatic N) is 3. The van der Waals surface area contributed by atoms with E-state index in [1.807, 2.05) is 53.5 Å². The van der Waals surface area contributed by atoms with Crippen LogP contribution in [0.25, 0.3) is 11.3 Å². The van der Waals surface area contributed by atoms with Crippen LogP contribution in [0.5, 0.6) is 0 Å². The summed E-state index contributed by atoms with van der Waals surface area (Å²) in [5.41, 5.74) is 3.18. The third-order valence-electron chi connectivity index (χ3n) is 2.98. The van der Waals surface area contributed by atoms with E-state index in [1.165, 1.54) is 0 Å². The minimum Gasteiger partial charge on any atom is -0.258 e. The molecule has 1 aromatic carbocycles. The SMILES string of the molecule is CCN=c1scc(-c2ccc(Cl)cc2)n1N=Cc1ccsc1. The van der Waals surface area contributed by atoms with Gasteiger partial charge in [0.15, 0.2) is 0 Å². The Morgan fingerprint density at radius 1 is 1.18 bits per heavy atom. The summed E-state index contributed by atoms with van der Waals surface area (Å²) in [4.78, 5) is 5.40. The molecule has 22 heavy (non-hydrogen) atoms. The molecule has 0 radical (unpaired) electrons. The van der Waals surface area contributed by atoms with Crippen LogP contribution in [-0.4, -0.2) is 17.4 Å². The predicted molar refractivity (Wildman–Crippen MR) is 96.2 cm³/mol. The molecule has 0 aliphatic heterocycles. The summed E-state index contributed by atoms with van der Waals surface area (Å²) in [6.07, 6.45) is 1.86. The number of thiophene rings is 1. The standard InChI is InChI=1S/C16H14ClN3S2/c1-2-18-16-20(19-9-12-7-8-21-10-12)15(11-22-16)13-3-5-14(17)6-4-13/h3-11H,2H2,1H3. The van der Waals surface area contributed by atoms with Gasteiger partial charge in [-0.1, -0.05) is 23.7 Å². The van der Waals surface area contributed by atoms with Gasteiger partial charge in [0.25, 0.3) is 0 Å². The smallest absolute Gasteiger partial charge is 0.206 e. The second-order valence-corrected chi connectivity index (χ2v) is 6.55. The number of hydrogen-bond donors (Lipinski definition) is 0. The third kappa shape index (κ3) is 3.38. The van der Waals surface area contributed by atoms with Crippen molar-refractivity contribution in [2.24, 2.45) is 10.1 Å². The van der Waals surface area contributed by atoms with Gasteiger partial charge in [-0.3, -0.25) is 4.99 Å². The molecule has 3 nitrogen and oxygen atoms in total. The van der Waals surface area contributed by atoms with Gasteiger partial charge in [-0.25, -0.2) is 4.68 Å². The van der Waals surface area contributed by atoms with Crippen LogP contribution in [-0.2, 0) is 0 Å². The molecule has 0 fully saturated rings. The first-order valence-electron chi connectivity index (χ1n) is 6.81. The third-order valence-corrected chi connectivity index (χ3v) is 4.79. The lowest BCUT2D eigenvalue weighted by Crippen LogP contribution is -2.12. The van der Waals surface area contributed by atoms with Crippen LogP contribution in [0.4, 0.5) is 0 Å². The van der Waals surface area contributed by atoms with E-state index >= 15 is 0 Å². The number of thiazole rings is 1. The molecule has 3 aromatic rings. The molecule has 0 amide bonds. The Morgan fingerprint density at radius 3 is 2.68 bits per heavy atom. The number of aromatic nitrogens is 1. The fraction of sp³-hybridized carbons (Fsp3) is 0.125. The number of hydrogen-bond acceptors (Lipinski definition) is 4. The molecule has 0 unspecified atom stereocenters. The molecule has 2 aromatic heterocycles. The Morgan fingerprint density at radius 2 is 2.00 bits per heavy atom. The molecule has 0 bridgehead atoms. The first-order chi connectivity index (χ1) is 10.8. The van der Waals surface area contributed by atoms with Gasteiger partial charge in [0, 0.05) is 28.1 Å². The van der Waals surface area contributed by atoms with Gasteiger partial charge in [0.1, 0.15) is 0 Å². The van der Waals surface area contributed by atoms with Crippen LogP contribution in [0.2, 0.25) is 5.02 Å². The fourth-order valence-electron chi connectivity index (χ4n) is 1.95. The van der Waals surface area contributed by atoms with Gasteiger partial charge < -0.3 is 0 Å². The molecule has 6 heteroatoms. The van der Waals surface area contributed by atoms with Crippen molar-refractivity contribution >= 4 is 40.5 Å². The summed E-state index contributed by atoms with van der Waals surface area (Å²) in [5.74, 6) is 0. The quantitative estimate of drug-likeness (QED) is 0.610. The van der Waals surface area contributed by atoms with E-state index in [4.69, 9.17) is 11.6 Å². The van der Waals surface area contributed by atoms with E-state index in [0.717, 1.165) is 33.2 Å². The highest BCUT2D eigenvalue weighted by Crippen LogP contribution is 2.22. The zero-order valence-corrected chi connectivity index (χ0v) is 14.3. The van der Waals surface area contributed by atoms with Gasteiger partial charge in [-0.05, 0) is 35.9 Å². The average molecular weight is 348 g/mol. The lowest BCUT2D eigenvalue weighted by Gasteiger charge is -2.03. The van der Waals surface area contributed by atoms with Crippen molar-refractivity contribution < 1.29 is 0 Å². The van der Waals surface area contributed by atoms with Crippen LogP contribution in [0.15, 0.2) is 56.6 Å². The van der Waals surface area contributed by atoms with Crippen molar-refractivity contribution in [1.29, 1.82) is 0 Å². The molecule has 0 saturated carbocycles. The van der Waals surface area contributed by atoms with E-state index in [-0.39, 0.29) is 0 Å². The highest BCUT2D eigenvalue weighted by molar-refractivity contribution is 7.08. The Hall–Kier alpha value is -1.69. The van der Waals surface area contributed by atoms with Crippen molar-refractivity contribution in [1.82, 2.24) is 4.68 Å². The van der Waals surface area contributed by atoms with Crippen molar-refractivity contribution in [3.63, 3.8) is 0 Å². The van der Waals surface area contributed by atoms with Gasteiger partial charge in [-0.2, -0.15) is 16.4 Å². The summed E-state index contributed by atoms with van der Waals surface area (Å²) in [6.45, 7) is 2.75. The Kier molecular flexibility index (Phi) is 4.87. The second kappa shape index (κ2) is 7.05. The van der Waals surface area contributed by atoms with E-state index in [0.29, 0.717) is 0 Å². The van der Waals surface area contributed by atoms with Crippen LogP contribution >= 0.6 is 34.3 Å². The second-order valence-electron chi connectivity index (χ2n) is 4.50. The monoisotopic (exact) mass is 347 g/mol. The number of halogens is 1. The molecule has 0 atom stereocenters. The molecule has 2 heterocycles. The highest BCUT2D eigenvalue weighted by Gasteiger charge is 2.07. The molecule has 112 valence electrons. The van der Waals surface area contributed by atoms with Crippen molar-refractivity contribution in [2.75, 3.05) is 6.54 Å². The van der Waals surface area contributed by atoms with Crippen LogP contribution in [0.1, 0.15) is 12.5 Å². The molecular formula is C16H14ClN3S2. The summed E-state index contributed by atoms with van der Waals surface area (Å²) in [7, 11) is 0. The normalized spacial score (nSPS) is 12.4. The van der Waals surface area contributed by atoms with Gasteiger partial charge in [0.05, 0.1) is 11.9 Å². The molecule has 0 N–H and O–H groups in total.